The summed E-state index contributed by atoms with van der Waals surface area (Å²) in [6.07, 6.45) is -9.81. The second-order valence-electron chi connectivity index (χ2n) is 2.94. The van der Waals surface area contributed by atoms with Crippen molar-refractivity contribution in [3.8, 4) is 0 Å². The third-order valence-corrected chi connectivity index (χ3v) is 1.60. The first kappa shape index (κ1) is 14.1. The van der Waals surface area contributed by atoms with Crippen molar-refractivity contribution >= 4 is 0 Å². The van der Waals surface area contributed by atoms with E-state index in [4.69, 9.17) is 0 Å². The molecule has 0 N–H and O–H groups in total. The van der Waals surface area contributed by atoms with Crippen LogP contribution < -0.4 is 0 Å². The molecule has 0 amide bonds. The summed E-state index contributed by atoms with van der Waals surface area (Å²) in [5.41, 5.74) is -2.68. The van der Waals surface area contributed by atoms with E-state index in [1.165, 1.54) is 6.92 Å². The molecule has 0 nitrogen and oxygen atoms in total. The molecule has 0 saturated heterocycles. The molecule has 0 aliphatic carbocycles. The lowest BCUT2D eigenvalue weighted by atomic mass is 10.1. The van der Waals surface area contributed by atoms with Crippen molar-refractivity contribution in [1.29, 1.82) is 0 Å². The molecule has 0 rings (SSSR count). The molecule has 0 spiro atoms. The zero-order valence-electron chi connectivity index (χ0n) is 7.97. The van der Waals surface area contributed by atoms with Crippen LogP contribution in [0.15, 0.2) is 23.8 Å². The normalized spacial score (nSPS) is 14.2. The number of hydrogen-bond donors (Lipinski definition) is 0. The first-order valence-electron chi connectivity index (χ1n) is 4.13. The van der Waals surface area contributed by atoms with Crippen LogP contribution in [0.3, 0.4) is 0 Å². The summed E-state index contributed by atoms with van der Waals surface area (Å²) in [6.45, 7) is 4.01. The van der Waals surface area contributed by atoms with Crippen molar-refractivity contribution in [2.24, 2.45) is 0 Å². The Hall–Kier alpha value is -0.940. The average Bonchev–Trinajstić information content (AvgIpc) is 1.99. The van der Waals surface area contributed by atoms with Crippen molar-refractivity contribution in [1.82, 2.24) is 0 Å². The summed E-state index contributed by atoms with van der Waals surface area (Å²) in [5, 5.41) is 0. The third-order valence-electron chi connectivity index (χ3n) is 1.60. The van der Waals surface area contributed by atoms with Gasteiger partial charge in [0.15, 0.2) is 0 Å². The Labute approximate surface area is 83.3 Å². The molecular weight excluding hydrogens is 222 g/mol. The highest BCUT2D eigenvalue weighted by Gasteiger charge is 2.36. The minimum atomic E-state index is -4.82. The molecule has 6 heteroatoms. The fourth-order valence-corrected chi connectivity index (χ4v) is 0.857. The Kier molecular flexibility index (Phi) is 4.42. The molecule has 0 radical (unpaired) electrons. The van der Waals surface area contributed by atoms with E-state index in [0.717, 1.165) is 0 Å². The molecule has 0 saturated carbocycles. The molecule has 0 aliphatic rings. The molecule has 0 unspecified atom stereocenters. The van der Waals surface area contributed by atoms with E-state index in [1.54, 1.807) is 0 Å². The SMILES string of the molecule is C=C(C=C(CCC)C(F)(F)F)C(F)(F)F. The minimum absolute atomic E-state index is 0.0590. The minimum Gasteiger partial charge on any atom is -0.166 e. The van der Waals surface area contributed by atoms with Crippen LogP contribution in [-0.4, -0.2) is 12.4 Å². The van der Waals surface area contributed by atoms with Gasteiger partial charge in [0, 0.05) is 11.1 Å². The molecule has 0 fully saturated rings. The topological polar surface area (TPSA) is 0 Å². The highest BCUT2D eigenvalue weighted by Crippen LogP contribution is 2.33. The van der Waals surface area contributed by atoms with Crippen LogP contribution in [0, 0.1) is 0 Å². The van der Waals surface area contributed by atoms with Crippen molar-refractivity contribution < 1.29 is 26.3 Å². The number of halogens is 6. The summed E-state index contributed by atoms with van der Waals surface area (Å²) in [7, 11) is 0. The van der Waals surface area contributed by atoms with Crippen LogP contribution in [0.2, 0.25) is 0 Å². The van der Waals surface area contributed by atoms with Crippen LogP contribution in [-0.2, 0) is 0 Å². The van der Waals surface area contributed by atoms with E-state index in [0.29, 0.717) is 0 Å². The first-order chi connectivity index (χ1) is 6.59. The smallest absolute Gasteiger partial charge is 0.166 e. The lowest BCUT2D eigenvalue weighted by Crippen LogP contribution is -2.15. The lowest BCUT2D eigenvalue weighted by molar-refractivity contribution is -0.0972. The van der Waals surface area contributed by atoms with Gasteiger partial charge < -0.3 is 0 Å². The van der Waals surface area contributed by atoms with Gasteiger partial charge in [-0.3, -0.25) is 0 Å². The third kappa shape index (κ3) is 4.90. The summed E-state index contributed by atoms with van der Waals surface area (Å²) in [5.74, 6) is 0. The van der Waals surface area contributed by atoms with Gasteiger partial charge in [-0.05, 0) is 12.5 Å². The van der Waals surface area contributed by atoms with E-state index in [9.17, 15) is 26.3 Å². The second kappa shape index (κ2) is 4.72. The molecule has 0 aromatic carbocycles. The quantitative estimate of drug-likeness (QED) is 0.500. The van der Waals surface area contributed by atoms with Gasteiger partial charge in [0.2, 0.25) is 0 Å². The second-order valence-corrected chi connectivity index (χ2v) is 2.94. The summed E-state index contributed by atoms with van der Waals surface area (Å²) >= 11 is 0. The summed E-state index contributed by atoms with van der Waals surface area (Å²) < 4.78 is 72.3. The average molecular weight is 232 g/mol. The number of hydrogen-bond acceptors (Lipinski definition) is 0. The van der Waals surface area contributed by atoms with Crippen molar-refractivity contribution in [3.05, 3.63) is 23.8 Å². The zero-order valence-corrected chi connectivity index (χ0v) is 7.97. The Morgan fingerprint density at radius 2 is 1.53 bits per heavy atom. The van der Waals surface area contributed by atoms with Gasteiger partial charge in [0.25, 0.3) is 0 Å². The maximum absolute atomic E-state index is 12.2. The molecule has 0 aromatic rings. The van der Waals surface area contributed by atoms with Gasteiger partial charge in [-0.2, -0.15) is 26.3 Å². The van der Waals surface area contributed by atoms with Gasteiger partial charge in [-0.15, -0.1) is 0 Å². The van der Waals surface area contributed by atoms with Crippen LogP contribution in [0.4, 0.5) is 26.3 Å². The molecule has 0 bridgehead atoms. The molecule has 88 valence electrons. The van der Waals surface area contributed by atoms with E-state index in [2.05, 4.69) is 6.58 Å². The highest BCUT2D eigenvalue weighted by molar-refractivity contribution is 5.27. The van der Waals surface area contributed by atoms with Crippen molar-refractivity contribution in [2.45, 2.75) is 32.1 Å². The van der Waals surface area contributed by atoms with E-state index < -0.39 is 29.9 Å². The van der Waals surface area contributed by atoms with E-state index in [1.807, 2.05) is 0 Å². The maximum Gasteiger partial charge on any atom is 0.415 e. The van der Waals surface area contributed by atoms with Gasteiger partial charge >= 0.3 is 12.4 Å². The van der Waals surface area contributed by atoms with Crippen LogP contribution in [0.1, 0.15) is 19.8 Å². The zero-order chi connectivity index (χ0) is 12.3. The van der Waals surface area contributed by atoms with Gasteiger partial charge in [0.1, 0.15) is 0 Å². The van der Waals surface area contributed by atoms with E-state index >= 15 is 0 Å². The standard InChI is InChI=1S/C9H10F6/c1-3-4-7(9(13,14)15)5-6(2)8(10,11)12/h5H,2-4H2,1H3. The molecule has 0 aliphatic heterocycles. The van der Waals surface area contributed by atoms with Crippen LogP contribution in [0.5, 0.6) is 0 Å². The highest BCUT2D eigenvalue weighted by atomic mass is 19.4. The van der Waals surface area contributed by atoms with Crippen LogP contribution in [0.25, 0.3) is 0 Å². The molecule has 15 heavy (non-hydrogen) atoms. The Morgan fingerprint density at radius 1 is 1.07 bits per heavy atom. The number of alkyl halides is 6. The molecule has 0 atom stereocenters. The maximum atomic E-state index is 12.2. The van der Waals surface area contributed by atoms with Gasteiger partial charge in [-0.1, -0.05) is 19.9 Å². The molecule has 0 aromatic heterocycles. The molecule has 0 heterocycles. The van der Waals surface area contributed by atoms with Crippen LogP contribution >= 0.6 is 0 Å². The van der Waals surface area contributed by atoms with Crippen molar-refractivity contribution in [2.75, 3.05) is 0 Å². The summed E-state index contributed by atoms with van der Waals surface area (Å²) in [4.78, 5) is 0. The summed E-state index contributed by atoms with van der Waals surface area (Å²) in [6, 6.07) is 0. The fourth-order valence-electron chi connectivity index (χ4n) is 0.857. The Balaban J connectivity index is 4.94. The fraction of sp³-hybridized carbons (Fsp3) is 0.556. The Bertz CT molecular complexity index is 255. The predicted octanol–water partition coefficient (Wildman–Crippen LogP) is 4.39. The largest absolute Gasteiger partial charge is 0.415 e. The first-order valence-corrected chi connectivity index (χ1v) is 4.13. The van der Waals surface area contributed by atoms with Crippen molar-refractivity contribution in [3.63, 3.8) is 0 Å². The molecular formula is C9H10F6. The van der Waals surface area contributed by atoms with Gasteiger partial charge in [0.05, 0.1) is 0 Å². The lowest BCUT2D eigenvalue weighted by Gasteiger charge is -2.12. The Morgan fingerprint density at radius 3 is 1.80 bits per heavy atom. The van der Waals surface area contributed by atoms with E-state index in [-0.39, 0.29) is 12.5 Å². The monoisotopic (exact) mass is 232 g/mol. The number of rotatable bonds is 3. The predicted molar refractivity (Wildman–Crippen MR) is 44.2 cm³/mol. The van der Waals surface area contributed by atoms with Gasteiger partial charge in [-0.25, -0.2) is 0 Å². The number of allylic oxidation sites excluding steroid dienone is 3.